The lowest BCUT2D eigenvalue weighted by atomic mass is 10.3. The van der Waals surface area contributed by atoms with Gasteiger partial charge in [0.2, 0.25) is 5.12 Å². The number of thioether (sulfide) groups is 1. The molecule has 2 aromatic heterocycles. The number of aromatic nitrogens is 3. The minimum absolute atomic E-state index is 0.0674. The minimum Gasteiger partial charge on any atom is -0.333 e. The van der Waals surface area contributed by atoms with Crippen molar-refractivity contribution >= 4 is 27.9 Å². The maximum absolute atomic E-state index is 12.0. The summed E-state index contributed by atoms with van der Waals surface area (Å²) in [5.74, 6) is 0. The summed E-state index contributed by atoms with van der Waals surface area (Å²) in [5.41, 5.74) is 2.36. The fraction of sp³-hybridized carbons (Fsp3) is 0. The number of hydrogen-bond donors (Lipinski definition) is 1. The first-order valence-corrected chi connectivity index (χ1v) is 6.21. The molecule has 0 spiro atoms. The van der Waals surface area contributed by atoms with Crippen molar-refractivity contribution < 1.29 is 4.79 Å². The minimum atomic E-state index is -0.0674. The fourth-order valence-electron chi connectivity index (χ4n) is 1.61. The summed E-state index contributed by atoms with van der Waals surface area (Å²) < 4.78 is 0. The van der Waals surface area contributed by atoms with Crippen molar-refractivity contribution in [1.29, 1.82) is 0 Å². The number of rotatable bonds is 2. The van der Waals surface area contributed by atoms with Gasteiger partial charge in [0.05, 0.1) is 11.0 Å². The second-order valence-electron chi connectivity index (χ2n) is 3.69. The third kappa shape index (κ3) is 2.12. The van der Waals surface area contributed by atoms with E-state index >= 15 is 0 Å². The van der Waals surface area contributed by atoms with Crippen LogP contribution in [-0.4, -0.2) is 20.1 Å². The molecule has 5 heteroatoms. The maximum atomic E-state index is 12.0. The molecule has 0 bridgehead atoms. The van der Waals surface area contributed by atoms with Gasteiger partial charge in [0.25, 0.3) is 0 Å². The van der Waals surface area contributed by atoms with E-state index < -0.39 is 0 Å². The molecule has 18 heavy (non-hydrogen) atoms. The van der Waals surface area contributed by atoms with E-state index in [0.29, 0.717) is 10.7 Å². The number of carbonyl (C=O) groups is 1. The fourth-order valence-corrected chi connectivity index (χ4v) is 2.33. The Morgan fingerprint density at radius 1 is 1.17 bits per heavy atom. The number of benzene rings is 1. The van der Waals surface area contributed by atoms with Crippen LogP contribution in [0.25, 0.3) is 11.0 Å². The van der Waals surface area contributed by atoms with Gasteiger partial charge in [-0.25, -0.2) is 4.98 Å². The zero-order chi connectivity index (χ0) is 12.4. The van der Waals surface area contributed by atoms with Crippen molar-refractivity contribution in [3.8, 4) is 0 Å². The molecule has 3 aromatic rings. The molecule has 88 valence electrons. The van der Waals surface area contributed by atoms with Crippen LogP contribution in [0, 0.1) is 0 Å². The van der Waals surface area contributed by atoms with Gasteiger partial charge in [0.15, 0.2) is 5.16 Å². The highest BCUT2D eigenvalue weighted by Crippen LogP contribution is 2.22. The quantitative estimate of drug-likeness (QED) is 0.715. The van der Waals surface area contributed by atoms with Gasteiger partial charge in [0.1, 0.15) is 0 Å². The zero-order valence-corrected chi connectivity index (χ0v) is 10.1. The Balaban J connectivity index is 1.86. The molecule has 0 aliphatic heterocycles. The number of fused-ring (bicyclic) bond motifs is 1. The summed E-state index contributed by atoms with van der Waals surface area (Å²) in [6.07, 6.45) is 3.20. The number of aromatic amines is 1. The number of hydrogen-bond acceptors (Lipinski definition) is 4. The average Bonchev–Trinajstić information content (AvgIpc) is 2.82. The van der Waals surface area contributed by atoms with Crippen molar-refractivity contribution in [2.75, 3.05) is 0 Å². The summed E-state index contributed by atoms with van der Waals surface area (Å²) in [6, 6.07) is 11.2. The number of pyridine rings is 1. The lowest BCUT2D eigenvalue weighted by Crippen LogP contribution is -1.94. The molecule has 4 nitrogen and oxygen atoms in total. The van der Waals surface area contributed by atoms with Crippen LogP contribution in [-0.2, 0) is 0 Å². The van der Waals surface area contributed by atoms with Gasteiger partial charge in [-0.05, 0) is 36.0 Å². The Morgan fingerprint density at radius 2 is 2.06 bits per heavy atom. The molecule has 0 saturated carbocycles. The van der Waals surface area contributed by atoms with Crippen molar-refractivity contribution in [2.45, 2.75) is 5.16 Å². The van der Waals surface area contributed by atoms with E-state index in [4.69, 9.17) is 0 Å². The largest absolute Gasteiger partial charge is 0.333 e. The first-order chi connectivity index (χ1) is 8.83. The molecule has 0 unspecified atom stereocenters. The second-order valence-corrected chi connectivity index (χ2v) is 4.65. The molecular weight excluding hydrogens is 246 g/mol. The number of nitrogens with zero attached hydrogens (tertiary/aromatic N) is 2. The SMILES string of the molecule is O=C(Sc1nc2ccccc2[nH]1)c1cccnc1. The van der Waals surface area contributed by atoms with Crippen LogP contribution >= 0.6 is 11.8 Å². The predicted molar refractivity (Wildman–Crippen MR) is 70.5 cm³/mol. The summed E-state index contributed by atoms with van der Waals surface area (Å²) in [6.45, 7) is 0. The van der Waals surface area contributed by atoms with E-state index in [1.807, 2.05) is 24.3 Å². The van der Waals surface area contributed by atoms with Crippen molar-refractivity contribution in [3.05, 3.63) is 54.4 Å². The molecular formula is C13H9N3OS. The van der Waals surface area contributed by atoms with E-state index in [9.17, 15) is 4.79 Å². The monoisotopic (exact) mass is 255 g/mol. The van der Waals surface area contributed by atoms with Gasteiger partial charge in [-0.3, -0.25) is 9.78 Å². The van der Waals surface area contributed by atoms with E-state index in [1.54, 1.807) is 24.5 Å². The average molecular weight is 255 g/mol. The van der Waals surface area contributed by atoms with Crippen LogP contribution < -0.4 is 0 Å². The molecule has 0 saturated heterocycles. The molecule has 1 N–H and O–H groups in total. The van der Waals surface area contributed by atoms with Gasteiger partial charge in [-0.1, -0.05) is 12.1 Å². The highest BCUT2D eigenvalue weighted by molar-refractivity contribution is 8.14. The Kier molecular flexibility index (Phi) is 2.82. The van der Waals surface area contributed by atoms with Crippen molar-refractivity contribution in [3.63, 3.8) is 0 Å². The maximum Gasteiger partial charge on any atom is 0.228 e. The molecule has 3 rings (SSSR count). The van der Waals surface area contributed by atoms with Crippen LogP contribution in [0.4, 0.5) is 0 Å². The number of H-pyrrole nitrogens is 1. The number of imidazole rings is 1. The smallest absolute Gasteiger partial charge is 0.228 e. The third-order valence-electron chi connectivity index (χ3n) is 2.45. The molecule has 1 aromatic carbocycles. The highest BCUT2D eigenvalue weighted by atomic mass is 32.2. The number of carbonyl (C=O) groups excluding carboxylic acids is 1. The van der Waals surface area contributed by atoms with E-state index in [2.05, 4.69) is 15.0 Å². The van der Waals surface area contributed by atoms with Crippen LogP contribution in [0.5, 0.6) is 0 Å². The van der Waals surface area contributed by atoms with E-state index in [0.717, 1.165) is 22.8 Å². The Hall–Kier alpha value is -2.14. The van der Waals surface area contributed by atoms with E-state index in [1.165, 1.54) is 0 Å². The van der Waals surface area contributed by atoms with Crippen LogP contribution in [0.3, 0.4) is 0 Å². The standard InChI is InChI=1S/C13H9N3OS/c17-12(9-4-3-7-14-8-9)18-13-15-10-5-1-2-6-11(10)16-13/h1-8H,(H,15,16). The van der Waals surface area contributed by atoms with Gasteiger partial charge in [-0.15, -0.1) is 0 Å². The molecule has 0 fully saturated rings. The topological polar surface area (TPSA) is 58.6 Å². The normalized spacial score (nSPS) is 10.7. The Labute approximate surface area is 107 Å². The van der Waals surface area contributed by atoms with Gasteiger partial charge in [0, 0.05) is 18.0 Å². The van der Waals surface area contributed by atoms with Crippen LogP contribution in [0.15, 0.2) is 53.9 Å². The van der Waals surface area contributed by atoms with Crippen molar-refractivity contribution in [2.24, 2.45) is 0 Å². The van der Waals surface area contributed by atoms with Crippen LogP contribution in [0.1, 0.15) is 10.4 Å². The van der Waals surface area contributed by atoms with Gasteiger partial charge < -0.3 is 4.98 Å². The first kappa shape index (κ1) is 11.0. The zero-order valence-electron chi connectivity index (χ0n) is 9.33. The van der Waals surface area contributed by atoms with Crippen molar-refractivity contribution in [1.82, 2.24) is 15.0 Å². The number of para-hydroxylation sites is 2. The predicted octanol–water partition coefficient (Wildman–Crippen LogP) is 2.89. The highest BCUT2D eigenvalue weighted by Gasteiger charge is 2.11. The van der Waals surface area contributed by atoms with Gasteiger partial charge in [-0.2, -0.15) is 0 Å². The summed E-state index contributed by atoms with van der Waals surface area (Å²) in [5, 5.41) is 0.534. The first-order valence-electron chi connectivity index (χ1n) is 5.40. The summed E-state index contributed by atoms with van der Waals surface area (Å²) >= 11 is 1.08. The third-order valence-corrected chi connectivity index (χ3v) is 3.26. The van der Waals surface area contributed by atoms with E-state index in [-0.39, 0.29) is 5.12 Å². The lowest BCUT2D eigenvalue weighted by Gasteiger charge is -1.96. The molecule has 2 heterocycles. The summed E-state index contributed by atoms with van der Waals surface area (Å²) in [4.78, 5) is 23.3. The molecule has 0 amide bonds. The molecule has 0 aliphatic rings. The molecule has 0 aliphatic carbocycles. The number of nitrogens with one attached hydrogen (secondary N) is 1. The van der Waals surface area contributed by atoms with Gasteiger partial charge >= 0.3 is 0 Å². The lowest BCUT2D eigenvalue weighted by molar-refractivity contribution is 0.108. The van der Waals surface area contributed by atoms with Crippen LogP contribution in [0.2, 0.25) is 0 Å². The summed E-state index contributed by atoms with van der Waals surface area (Å²) in [7, 11) is 0. The Bertz CT molecular complexity index is 661. The molecule has 0 radical (unpaired) electrons. The Morgan fingerprint density at radius 3 is 2.83 bits per heavy atom. The molecule has 0 atom stereocenters. The second kappa shape index (κ2) is 4.62.